The Morgan fingerprint density at radius 1 is 1.65 bits per heavy atom. The number of aliphatic carboxylic acids is 1. The maximum atomic E-state index is 11.0. The zero-order valence-electron chi connectivity index (χ0n) is 8.66. The molecule has 0 radical (unpaired) electrons. The number of nitro groups is 1. The van der Waals surface area contributed by atoms with Crippen molar-refractivity contribution in [3.8, 4) is 6.07 Å². The molecule has 1 aliphatic rings. The Morgan fingerprint density at radius 2 is 2.35 bits per heavy atom. The van der Waals surface area contributed by atoms with Gasteiger partial charge in [-0.15, -0.1) is 0 Å². The van der Waals surface area contributed by atoms with E-state index < -0.39 is 22.2 Å². The number of carboxylic acid groups (broad SMARTS) is 1. The summed E-state index contributed by atoms with van der Waals surface area (Å²) in [6.07, 6.45) is 0.208. The smallest absolute Gasteiger partial charge is 0.324 e. The van der Waals surface area contributed by atoms with Gasteiger partial charge in [0.05, 0.1) is 11.0 Å². The van der Waals surface area contributed by atoms with Crippen LogP contribution in [0.15, 0.2) is 24.3 Å². The van der Waals surface area contributed by atoms with E-state index in [1.165, 1.54) is 18.2 Å². The number of hydrogen-bond donors (Lipinski definition) is 1. The van der Waals surface area contributed by atoms with Crippen molar-refractivity contribution in [2.45, 2.75) is 12.3 Å². The Morgan fingerprint density at radius 3 is 2.82 bits per heavy atom. The monoisotopic (exact) mass is 232 g/mol. The summed E-state index contributed by atoms with van der Waals surface area (Å²) in [6, 6.07) is 7.55. The average Bonchev–Trinajstić information content (AvgIpc) is 3.05. The molecule has 86 valence electrons. The molecule has 6 heteroatoms. The fraction of sp³-hybridized carbons (Fsp3) is 0.273. The van der Waals surface area contributed by atoms with Gasteiger partial charge in [0.1, 0.15) is 0 Å². The van der Waals surface area contributed by atoms with Crippen LogP contribution in [-0.4, -0.2) is 16.0 Å². The van der Waals surface area contributed by atoms with Gasteiger partial charge in [-0.1, -0.05) is 12.1 Å². The van der Waals surface area contributed by atoms with Crippen molar-refractivity contribution in [1.29, 1.82) is 5.26 Å². The molecule has 0 saturated heterocycles. The van der Waals surface area contributed by atoms with Gasteiger partial charge in [-0.05, 0) is 12.0 Å². The van der Waals surface area contributed by atoms with Crippen molar-refractivity contribution in [3.05, 3.63) is 39.9 Å². The van der Waals surface area contributed by atoms with Crippen LogP contribution in [-0.2, 0) is 4.79 Å². The molecule has 0 amide bonds. The van der Waals surface area contributed by atoms with E-state index in [9.17, 15) is 14.9 Å². The van der Waals surface area contributed by atoms with Gasteiger partial charge in [-0.25, -0.2) is 0 Å². The predicted molar refractivity (Wildman–Crippen MR) is 56.1 cm³/mol. The highest BCUT2D eigenvalue weighted by molar-refractivity contribution is 5.84. The van der Waals surface area contributed by atoms with Gasteiger partial charge < -0.3 is 5.11 Å². The molecule has 0 spiro atoms. The first kappa shape index (κ1) is 11.1. The second kappa shape index (κ2) is 3.56. The quantitative estimate of drug-likeness (QED) is 0.630. The third-order valence-corrected chi connectivity index (χ3v) is 3.03. The number of rotatable bonds is 3. The van der Waals surface area contributed by atoms with Crippen LogP contribution in [0.5, 0.6) is 0 Å². The van der Waals surface area contributed by atoms with Gasteiger partial charge in [0, 0.05) is 18.1 Å². The minimum atomic E-state index is -1.41. The Kier molecular flexibility index (Phi) is 2.32. The maximum absolute atomic E-state index is 11.0. The molecule has 1 fully saturated rings. The lowest BCUT2D eigenvalue weighted by Crippen LogP contribution is -2.14. The summed E-state index contributed by atoms with van der Waals surface area (Å²) >= 11 is 0. The highest BCUT2D eigenvalue weighted by atomic mass is 16.6. The second-order valence-corrected chi connectivity index (χ2v) is 4.00. The number of carboxylic acids is 1. The molecule has 0 bridgehead atoms. The van der Waals surface area contributed by atoms with Gasteiger partial charge in [-0.3, -0.25) is 14.9 Å². The molecule has 0 heterocycles. The number of non-ortho nitro benzene ring substituents is 1. The van der Waals surface area contributed by atoms with E-state index in [0.717, 1.165) is 0 Å². The fourth-order valence-corrected chi connectivity index (χ4v) is 1.93. The van der Waals surface area contributed by atoms with E-state index in [4.69, 9.17) is 10.4 Å². The summed E-state index contributed by atoms with van der Waals surface area (Å²) in [5, 5.41) is 28.4. The van der Waals surface area contributed by atoms with Crippen LogP contribution < -0.4 is 0 Å². The van der Waals surface area contributed by atoms with E-state index in [1.807, 2.05) is 0 Å². The molecule has 2 atom stereocenters. The number of hydrogen-bond acceptors (Lipinski definition) is 4. The molecule has 1 aromatic carbocycles. The zero-order valence-corrected chi connectivity index (χ0v) is 8.66. The SMILES string of the molecule is N#CC1(C(=O)O)CC1c1cccc([N+](=O)[O-])c1. The van der Waals surface area contributed by atoms with E-state index in [2.05, 4.69) is 0 Å². The fourth-order valence-electron chi connectivity index (χ4n) is 1.93. The highest BCUT2D eigenvalue weighted by Gasteiger charge is 2.62. The van der Waals surface area contributed by atoms with Crippen LogP contribution in [0.4, 0.5) is 5.69 Å². The van der Waals surface area contributed by atoms with Crippen molar-refractivity contribution in [2.75, 3.05) is 0 Å². The lowest BCUT2D eigenvalue weighted by molar-refractivity contribution is -0.384. The number of benzene rings is 1. The van der Waals surface area contributed by atoms with Gasteiger partial charge in [0.2, 0.25) is 0 Å². The van der Waals surface area contributed by atoms with Crippen molar-refractivity contribution in [1.82, 2.24) is 0 Å². The number of nitrogens with zero attached hydrogens (tertiary/aromatic N) is 2. The molecular weight excluding hydrogens is 224 g/mol. The first-order valence-corrected chi connectivity index (χ1v) is 4.90. The van der Waals surface area contributed by atoms with Gasteiger partial charge in [0.25, 0.3) is 5.69 Å². The summed E-state index contributed by atoms with van der Waals surface area (Å²) in [7, 11) is 0. The molecule has 0 aliphatic heterocycles. The summed E-state index contributed by atoms with van der Waals surface area (Å²) < 4.78 is 0. The minimum absolute atomic E-state index is 0.0911. The van der Waals surface area contributed by atoms with Crippen molar-refractivity contribution >= 4 is 11.7 Å². The first-order valence-electron chi connectivity index (χ1n) is 4.90. The predicted octanol–water partition coefficient (Wildman–Crippen LogP) is 1.68. The standard InChI is InChI=1S/C11H8N2O4/c12-6-11(10(14)15)5-9(11)7-2-1-3-8(4-7)13(16)17/h1-4,9H,5H2,(H,14,15). The maximum Gasteiger partial charge on any atom is 0.324 e. The summed E-state index contributed by atoms with van der Waals surface area (Å²) in [6.45, 7) is 0. The van der Waals surface area contributed by atoms with E-state index in [1.54, 1.807) is 12.1 Å². The Hall–Kier alpha value is -2.42. The van der Waals surface area contributed by atoms with Gasteiger partial charge >= 0.3 is 5.97 Å². The first-order chi connectivity index (χ1) is 8.01. The van der Waals surface area contributed by atoms with E-state index in [-0.39, 0.29) is 12.1 Å². The minimum Gasteiger partial charge on any atom is -0.480 e. The Balaban J connectivity index is 2.33. The molecule has 17 heavy (non-hydrogen) atoms. The Labute approximate surface area is 96.3 Å². The normalized spacial score (nSPS) is 25.9. The summed E-state index contributed by atoms with van der Waals surface area (Å²) in [5.74, 6) is -1.62. The van der Waals surface area contributed by atoms with Crippen molar-refractivity contribution in [2.24, 2.45) is 5.41 Å². The molecule has 6 nitrogen and oxygen atoms in total. The van der Waals surface area contributed by atoms with Crippen LogP contribution in [0, 0.1) is 26.9 Å². The Bertz CT molecular complexity index is 549. The zero-order chi connectivity index (χ0) is 12.6. The number of carbonyl (C=O) groups is 1. The van der Waals surface area contributed by atoms with Gasteiger partial charge in [0.15, 0.2) is 5.41 Å². The molecular formula is C11H8N2O4. The van der Waals surface area contributed by atoms with Gasteiger partial charge in [-0.2, -0.15) is 5.26 Å². The summed E-state index contributed by atoms with van der Waals surface area (Å²) in [5.41, 5.74) is -0.968. The summed E-state index contributed by atoms with van der Waals surface area (Å²) in [4.78, 5) is 21.0. The van der Waals surface area contributed by atoms with Crippen LogP contribution in [0.1, 0.15) is 17.9 Å². The van der Waals surface area contributed by atoms with Crippen LogP contribution in [0.25, 0.3) is 0 Å². The molecule has 1 aliphatic carbocycles. The molecule has 1 saturated carbocycles. The van der Waals surface area contributed by atoms with Crippen LogP contribution in [0.3, 0.4) is 0 Å². The average molecular weight is 232 g/mol. The lowest BCUT2D eigenvalue weighted by atomic mass is 10.0. The van der Waals surface area contributed by atoms with Crippen molar-refractivity contribution in [3.63, 3.8) is 0 Å². The van der Waals surface area contributed by atoms with Crippen molar-refractivity contribution < 1.29 is 14.8 Å². The highest BCUT2D eigenvalue weighted by Crippen LogP contribution is 2.59. The largest absolute Gasteiger partial charge is 0.480 e. The molecule has 0 aromatic heterocycles. The number of nitro benzene ring substituents is 1. The van der Waals surface area contributed by atoms with Crippen LogP contribution in [0.2, 0.25) is 0 Å². The molecule has 2 unspecified atom stereocenters. The third kappa shape index (κ3) is 1.61. The van der Waals surface area contributed by atoms with E-state index >= 15 is 0 Å². The topological polar surface area (TPSA) is 104 Å². The second-order valence-electron chi connectivity index (χ2n) is 4.00. The molecule has 1 aromatic rings. The molecule has 2 rings (SSSR count). The van der Waals surface area contributed by atoms with E-state index in [0.29, 0.717) is 5.56 Å². The number of nitriles is 1. The molecule has 1 N–H and O–H groups in total. The lowest BCUT2D eigenvalue weighted by Gasteiger charge is -2.02. The third-order valence-electron chi connectivity index (χ3n) is 3.03. The van der Waals surface area contributed by atoms with Crippen LogP contribution >= 0.6 is 0 Å².